The summed E-state index contributed by atoms with van der Waals surface area (Å²) in [6.45, 7) is 3.14. The molecule has 2 aromatic carbocycles. The fourth-order valence-electron chi connectivity index (χ4n) is 3.14. The van der Waals surface area contributed by atoms with E-state index in [4.69, 9.17) is 9.26 Å². The van der Waals surface area contributed by atoms with Gasteiger partial charge in [-0.25, -0.2) is 14.3 Å². The molecule has 0 unspecified atom stereocenters. The number of nitro benzene ring substituents is 1. The zero-order valence-corrected chi connectivity index (χ0v) is 18.1. The number of benzene rings is 2. The van der Waals surface area contributed by atoms with E-state index in [1.165, 1.54) is 17.4 Å². The molecule has 0 aliphatic carbocycles. The predicted octanol–water partition coefficient (Wildman–Crippen LogP) is 4.77. The van der Waals surface area contributed by atoms with E-state index in [0.29, 0.717) is 11.3 Å². The third-order valence-electron chi connectivity index (χ3n) is 4.94. The number of thiazole rings is 1. The van der Waals surface area contributed by atoms with Gasteiger partial charge >= 0.3 is 13.4 Å². The third-order valence-corrected chi connectivity index (χ3v) is 8.46. The average Bonchev–Trinajstić information content (AvgIpc) is 3.71. The lowest BCUT2D eigenvalue weighted by atomic mass is 10.2. The molecule has 0 radical (unpaired) electrons. The van der Waals surface area contributed by atoms with Crippen molar-refractivity contribution in [1.29, 1.82) is 0 Å². The monoisotopic (exact) mass is 458 g/mol. The summed E-state index contributed by atoms with van der Waals surface area (Å²) >= 11 is 1.53. The van der Waals surface area contributed by atoms with Gasteiger partial charge in [-0.15, -0.1) is 11.3 Å². The van der Waals surface area contributed by atoms with Crippen LogP contribution in [0.1, 0.15) is 5.56 Å². The highest BCUT2D eigenvalue weighted by atomic mass is 32.1. The van der Waals surface area contributed by atoms with Crippen LogP contribution in [0, 0.1) is 10.1 Å². The van der Waals surface area contributed by atoms with Gasteiger partial charge in [0.15, 0.2) is 0 Å². The van der Waals surface area contributed by atoms with E-state index < -0.39 is 12.6 Å². The second-order valence-corrected chi connectivity index (χ2v) is 10.5. The average molecular weight is 458 g/mol. The summed E-state index contributed by atoms with van der Waals surface area (Å²) < 4.78 is 28.4. The lowest BCUT2D eigenvalue weighted by Crippen LogP contribution is -2.08. The second-order valence-electron chi connectivity index (χ2n) is 7.19. The first-order valence-corrected chi connectivity index (χ1v) is 12.1. The minimum atomic E-state index is -2.96. The van der Waals surface area contributed by atoms with Crippen molar-refractivity contribution >= 4 is 24.7 Å². The molecule has 5 rings (SSSR count). The Morgan fingerprint density at radius 1 is 1.10 bits per heavy atom. The van der Waals surface area contributed by atoms with Gasteiger partial charge in [-0.3, -0.25) is 14.7 Å². The van der Waals surface area contributed by atoms with Gasteiger partial charge in [-0.1, -0.05) is 0 Å². The highest BCUT2D eigenvalue weighted by Crippen LogP contribution is 2.61. The van der Waals surface area contributed by atoms with Crippen LogP contribution in [0.4, 0.5) is 5.69 Å². The van der Waals surface area contributed by atoms with Crippen molar-refractivity contribution in [3.8, 4) is 22.1 Å². The van der Waals surface area contributed by atoms with Crippen LogP contribution in [0.2, 0.25) is 0 Å². The first kappa shape index (κ1) is 20.3. The Morgan fingerprint density at radius 2 is 1.81 bits per heavy atom. The topological polar surface area (TPSA) is 97.6 Å². The maximum Gasteiger partial charge on any atom is 0.346 e. The quantitative estimate of drug-likeness (QED) is 0.196. The van der Waals surface area contributed by atoms with Crippen molar-refractivity contribution in [2.75, 3.05) is 26.2 Å². The van der Waals surface area contributed by atoms with E-state index in [-0.39, 0.29) is 18.0 Å². The van der Waals surface area contributed by atoms with Gasteiger partial charge in [0.1, 0.15) is 10.8 Å². The van der Waals surface area contributed by atoms with E-state index in [0.717, 1.165) is 36.8 Å². The number of rotatable bonds is 9. The van der Waals surface area contributed by atoms with E-state index in [9.17, 15) is 14.7 Å². The molecule has 0 amide bonds. The first-order valence-electron chi connectivity index (χ1n) is 9.73. The summed E-state index contributed by atoms with van der Waals surface area (Å²) in [5.41, 5.74) is 1.46. The van der Waals surface area contributed by atoms with Crippen molar-refractivity contribution < 1.29 is 18.7 Å². The molecule has 3 aromatic rings. The van der Waals surface area contributed by atoms with Crippen molar-refractivity contribution in [3.05, 3.63) is 69.7 Å². The van der Waals surface area contributed by atoms with Crippen molar-refractivity contribution in [1.82, 2.24) is 14.3 Å². The maximum absolute atomic E-state index is 13.1. The summed E-state index contributed by atoms with van der Waals surface area (Å²) in [6, 6.07) is 11.8. The molecule has 3 heterocycles. The highest BCUT2D eigenvalue weighted by Gasteiger charge is 2.49. The number of aromatic nitrogens is 1. The van der Waals surface area contributed by atoms with Crippen LogP contribution in [-0.2, 0) is 15.7 Å². The van der Waals surface area contributed by atoms with Gasteiger partial charge < -0.3 is 9.26 Å². The largest absolute Gasteiger partial charge is 0.450 e. The highest BCUT2D eigenvalue weighted by molar-refractivity contribution is 7.54. The molecule has 0 bridgehead atoms. The van der Waals surface area contributed by atoms with Crippen LogP contribution in [0.5, 0.6) is 11.5 Å². The Kier molecular flexibility index (Phi) is 5.33. The Morgan fingerprint density at radius 3 is 2.39 bits per heavy atom. The molecule has 0 spiro atoms. The number of ether oxygens (including phenoxy) is 1. The number of nitro groups is 1. The normalized spacial score (nSPS) is 16.3. The Labute approximate surface area is 182 Å². The standard InChI is InChI=1S/C20H19N4O5PS/c25-24(26)18-6-1-15(14-28-30(27,22-8-9-22)23-10-11-23)13-19(18)29-17-4-2-16(3-5-17)20-21-7-12-31-20/h1-7,12-13H,8-11,14H2. The van der Waals surface area contributed by atoms with Crippen LogP contribution in [0.25, 0.3) is 10.6 Å². The van der Waals surface area contributed by atoms with Gasteiger partial charge in [0.05, 0.1) is 11.5 Å². The maximum atomic E-state index is 13.1. The van der Waals surface area contributed by atoms with Gasteiger partial charge in [0.2, 0.25) is 5.75 Å². The first-order chi connectivity index (χ1) is 15.0. The summed E-state index contributed by atoms with van der Waals surface area (Å²) in [7, 11) is -2.96. The minimum absolute atomic E-state index is 0.0849. The minimum Gasteiger partial charge on any atom is -0.450 e. The molecule has 11 heteroatoms. The van der Waals surface area contributed by atoms with Crippen molar-refractivity contribution in [2.45, 2.75) is 6.61 Å². The lowest BCUT2D eigenvalue weighted by Gasteiger charge is -2.19. The van der Waals surface area contributed by atoms with Gasteiger partial charge in [0, 0.05) is 49.4 Å². The Balaban J connectivity index is 1.34. The molecule has 2 aliphatic rings. The summed E-state index contributed by atoms with van der Waals surface area (Å²) in [5.74, 6) is 0.585. The molecule has 9 nitrogen and oxygen atoms in total. The van der Waals surface area contributed by atoms with Gasteiger partial charge in [0.25, 0.3) is 0 Å². The molecule has 1 aromatic heterocycles. The fourth-order valence-corrected chi connectivity index (χ4v) is 5.97. The molecule has 2 saturated heterocycles. The SMILES string of the molecule is O=[N+]([O-])c1ccc(COP(=O)(N2CC2)N2CC2)cc1Oc1ccc(-c2nccs2)cc1. The molecule has 2 fully saturated rings. The molecule has 0 N–H and O–H groups in total. The van der Waals surface area contributed by atoms with Crippen LogP contribution >= 0.6 is 19.0 Å². The Hall–Kier alpha value is -2.62. The lowest BCUT2D eigenvalue weighted by molar-refractivity contribution is -0.385. The molecule has 31 heavy (non-hydrogen) atoms. The summed E-state index contributed by atoms with van der Waals surface area (Å²) in [6.07, 6.45) is 1.74. The zero-order chi connectivity index (χ0) is 21.4. The molecular weight excluding hydrogens is 439 g/mol. The molecule has 0 saturated carbocycles. The molecule has 2 aliphatic heterocycles. The van der Waals surface area contributed by atoms with Gasteiger partial charge in [-0.05, 0) is 42.0 Å². The Bertz CT molecular complexity index is 1130. The molecular formula is C20H19N4O5PS. The second kappa shape index (κ2) is 8.14. The molecule has 0 atom stereocenters. The van der Waals surface area contributed by atoms with Crippen LogP contribution < -0.4 is 4.74 Å². The van der Waals surface area contributed by atoms with Crippen LogP contribution in [-0.4, -0.2) is 45.4 Å². The van der Waals surface area contributed by atoms with E-state index >= 15 is 0 Å². The number of hydrogen-bond donors (Lipinski definition) is 0. The van der Waals surface area contributed by atoms with Crippen molar-refractivity contribution in [2.24, 2.45) is 0 Å². The van der Waals surface area contributed by atoms with E-state index in [1.54, 1.807) is 30.5 Å². The van der Waals surface area contributed by atoms with Crippen LogP contribution in [0.3, 0.4) is 0 Å². The third kappa shape index (κ3) is 4.39. The number of nitrogens with zero attached hydrogens (tertiary/aromatic N) is 4. The van der Waals surface area contributed by atoms with Gasteiger partial charge in [-0.2, -0.15) is 0 Å². The predicted molar refractivity (Wildman–Crippen MR) is 116 cm³/mol. The van der Waals surface area contributed by atoms with E-state index in [2.05, 4.69) is 4.98 Å². The summed E-state index contributed by atoms with van der Waals surface area (Å²) in [5, 5.41) is 14.3. The fraction of sp³-hybridized carbons (Fsp3) is 0.250. The number of hydrogen-bond acceptors (Lipinski definition) is 7. The molecule has 160 valence electrons. The van der Waals surface area contributed by atoms with Crippen LogP contribution in [0.15, 0.2) is 54.0 Å². The van der Waals surface area contributed by atoms with E-state index in [1.807, 2.05) is 26.9 Å². The zero-order valence-electron chi connectivity index (χ0n) is 16.4. The summed E-state index contributed by atoms with van der Waals surface area (Å²) in [4.78, 5) is 15.3. The smallest absolute Gasteiger partial charge is 0.346 e. The van der Waals surface area contributed by atoms with Crippen molar-refractivity contribution in [3.63, 3.8) is 0 Å².